The average molecular weight is 368 g/mol. The number of benzene rings is 1. The van der Waals surface area contributed by atoms with Crippen molar-refractivity contribution in [2.24, 2.45) is 0 Å². The number of carbonyl (C=O) groups is 1. The third-order valence-corrected chi connectivity index (χ3v) is 5.01. The number of imidazole rings is 1. The maximum Gasteiger partial charge on any atom is 0.374 e. The standard InChI is InChI=1S/C19H16N2O4S/c1-3-25-19(23)18-20-16(15-5-4-8-26-15)17-12-10-13(22)14(24-2)9-11(12)6-7-21(17)18/h4-10,22H,3H2,1-2H3. The van der Waals surface area contributed by atoms with Gasteiger partial charge in [0.25, 0.3) is 0 Å². The first kappa shape index (κ1) is 16.4. The summed E-state index contributed by atoms with van der Waals surface area (Å²) in [4.78, 5) is 17.9. The molecule has 0 aliphatic carbocycles. The number of thiophene rings is 1. The van der Waals surface area contributed by atoms with Crippen LogP contribution < -0.4 is 4.74 Å². The van der Waals surface area contributed by atoms with Crippen molar-refractivity contribution in [3.05, 3.63) is 47.7 Å². The Morgan fingerprint density at radius 1 is 1.35 bits per heavy atom. The van der Waals surface area contributed by atoms with Crippen LogP contribution in [-0.2, 0) is 4.74 Å². The second-order valence-electron chi connectivity index (χ2n) is 5.63. The molecular weight excluding hydrogens is 352 g/mol. The smallest absolute Gasteiger partial charge is 0.374 e. The Balaban J connectivity index is 2.10. The molecule has 0 unspecified atom stereocenters. The summed E-state index contributed by atoms with van der Waals surface area (Å²) in [6.07, 6.45) is 1.78. The summed E-state index contributed by atoms with van der Waals surface area (Å²) in [5, 5.41) is 13.9. The van der Waals surface area contributed by atoms with E-state index >= 15 is 0 Å². The summed E-state index contributed by atoms with van der Waals surface area (Å²) < 4.78 is 12.1. The van der Waals surface area contributed by atoms with Gasteiger partial charge in [-0.05, 0) is 42.0 Å². The molecule has 132 valence electrons. The maximum atomic E-state index is 12.4. The Bertz CT molecular complexity index is 1120. The zero-order valence-electron chi connectivity index (χ0n) is 14.2. The van der Waals surface area contributed by atoms with Gasteiger partial charge in [-0.2, -0.15) is 0 Å². The lowest BCUT2D eigenvalue weighted by atomic mass is 10.1. The molecule has 4 aromatic rings. The maximum absolute atomic E-state index is 12.4. The van der Waals surface area contributed by atoms with Gasteiger partial charge in [0.1, 0.15) is 5.69 Å². The van der Waals surface area contributed by atoms with Crippen LogP contribution in [-0.4, -0.2) is 34.2 Å². The summed E-state index contributed by atoms with van der Waals surface area (Å²) in [7, 11) is 1.51. The molecule has 0 saturated heterocycles. The third kappa shape index (κ3) is 2.48. The summed E-state index contributed by atoms with van der Waals surface area (Å²) in [5.41, 5.74) is 1.42. The summed E-state index contributed by atoms with van der Waals surface area (Å²) in [5.74, 6) is 0.151. The fourth-order valence-corrected chi connectivity index (χ4v) is 3.72. The monoisotopic (exact) mass is 368 g/mol. The van der Waals surface area contributed by atoms with Gasteiger partial charge in [-0.25, -0.2) is 9.78 Å². The number of phenolic OH excluding ortho intramolecular Hbond substituents is 1. The van der Waals surface area contributed by atoms with Crippen LogP contribution in [0.4, 0.5) is 0 Å². The van der Waals surface area contributed by atoms with E-state index in [1.165, 1.54) is 18.4 Å². The second kappa shape index (κ2) is 6.34. The number of pyridine rings is 1. The predicted molar refractivity (Wildman–Crippen MR) is 100 cm³/mol. The molecule has 1 aromatic carbocycles. The molecule has 0 spiro atoms. The van der Waals surface area contributed by atoms with Crippen LogP contribution in [0.5, 0.6) is 11.5 Å². The number of esters is 1. The molecule has 0 amide bonds. The Kier molecular flexibility index (Phi) is 4.00. The first-order valence-corrected chi connectivity index (χ1v) is 8.94. The minimum absolute atomic E-state index is 0.0316. The van der Waals surface area contributed by atoms with Gasteiger partial charge >= 0.3 is 5.97 Å². The largest absolute Gasteiger partial charge is 0.504 e. The fraction of sp³-hybridized carbons (Fsp3) is 0.158. The first-order chi connectivity index (χ1) is 12.6. The SMILES string of the molecule is CCOC(=O)c1nc(-c2cccs2)c2c3cc(O)c(OC)cc3ccn12. The van der Waals surface area contributed by atoms with E-state index in [4.69, 9.17) is 9.47 Å². The highest BCUT2D eigenvalue weighted by Crippen LogP contribution is 2.38. The number of phenols is 1. The summed E-state index contributed by atoms with van der Waals surface area (Å²) in [6.45, 7) is 2.03. The van der Waals surface area contributed by atoms with Crippen molar-refractivity contribution in [3.8, 4) is 22.1 Å². The second-order valence-corrected chi connectivity index (χ2v) is 6.58. The van der Waals surface area contributed by atoms with Crippen molar-refractivity contribution >= 4 is 33.6 Å². The number of fused-ring (bicyclic) bond motifs is 3. The number of hydrogen-bond acceptors (Lipinski definition) is 6. The molecule has 6 nitrogen and oxygen atoms in total. The highest BCUT2D eigenvalue weighted by atomic mass is 32.1. The molecular formula is C19H16N2O4S. The zero-order chi connectivity index (χ0) is 18.3. The van der Waals surface area contributed by atoms with Gasteiger partial charge in [0.2, 0.25) is 5.82 Å². The van der Waals surface area contributed by atoms with Gasteiger partial charge < -0.3 is 14.6 Å². The molecule has 0 aliphatic rings. The van der Waals surface area contributed by atoms with Crippen LogP contribution in [0.25, 0.3) is 26.9 Å². The normalized spacial score (nSPS) is 11.2. The topological polar surface area (TPSA) is 73.1 Å². The van der Waals surface area contributed by atoms with Crippen molar-refractivity contribution in [3.63, 3.8) is 0 Å². The molecule has 0 fully saturated rings. The molecule has 0 aliphatic heterocycles. The minimum Gasteiger partial charge on any atom is -0.504 e. The Morgan fingerprint density at radius 3 is 2.88 bits per heavy atom. The lowest BCUT2D eigenvalue weighted by Gasteiger charge is -2.08. The van der Waals surface area contributed by atoms with Crippen molar-refractivity contribution in [1.82, 2.24) is 9.38 Å². The molecule has 3 heterocycles. The third-order valence-electron chi connectivity index (χ3n) is 4.13. The highest BCUT2D eigenvalue weighted by Gasteiger charge is 2.22. The van der Waals surface area contributed by atoms with Crippen LogP contribution in [0, 0.1) is 0 Å². The lowest BCUT2D eigenvalue weighted by Crippen LogP contribution is -2.09. The van der Waals surface area contributed by atoms with E-state index in [-0.39, 0.29) is 18.2 Å². The fourth-order valence-electron chi connectivity index (χ4n) is 3.01. The van der Waals surface area contributed by atoms with E-state index < -0.39 is 5.97 Å². The zero-order valence-corrected chi connectivity index (χ0v) is 15.0. The number of ether oxygens (including phenoxy) is 2. The van der Waals surface area contributed by atoms with Crippen molar-refractivity contribution in [1.29, 1.82) is 0 Å². The van der Waals surface area contributed by atoms with Crippen molar-refractivity contribution in [2.75, 3.05) is 13.7 Å². The summed E-state index contributed by atoms with van der Waals surface area (Å²) in [6, 6.07) is 9.13. The van der Waals surface area contributed by atoms with Gasteiger partial charge in [0.15, 0.2) is 11.5 Å². The molecule has 3 aromatic heterocycles. The number of hydrogen-bond donors (Lipinski definition) is 1. The number of carbonyl (C=O) groups excluding carboxylic acids is 1. The Hall–Kier alpha value is -3.06. The van der Waals surface area contributed by atoms with E-state index in [1.807, 2.05) is 23.6 Å². The van der Waals surface area contributed by atoms with Crippen LogP contribution in [0.1, 0.15) is 17.5 Å². The molecule has 0 bridgehead atoms. The molecule has 26 heavy (non-hydrogen) atoms. The number of aromatic hydroxyl groups is 1. The van der Waals surface area contributed by atoms with Crippen molar-refractivity contribution in [2.45, 2.75) is 6.92 Å². The number of methoxy groups -OCH3 is 1. The molecule has 1 N–H and O–H groups in total. The van der Waals surface area contributed by atoms with E-state index in [9.17, 15) is 9.90 Å². The molecule has 0 atom stereocenters. The number of nitrogens with zero attached hydrogens (tertiary/aromatic N) is 2. The van der Waals surface area contributed by atoms with Crippen LogP contribution in [0.3, 0.4) is 0 Å². The average Bonchev–Trinajstić information content (AvgIpc) is 3.28. The van der Waals surface area contributed by atoms with E-state index in [0.717, 1.165) is 21.2 Å². The number of aromatic nitrogens is 2. The number of rotatable bonds is 4. The van der Waals surface area contributed by atoms with Crippen molar-refractivity contribution < 1.29 is 19.4 Å². The Labute approximate surface area is 153 Å². The summed E-state index contributed by atoms with van der Waals surface area (Å²) >= 11 is 1.53. The quantitative estimate of drug-likeness (QED) is 0.549. The van der Waals surface area contributed by atoms with E-state index in [2.05, 4.69) is 4.98 Å². The molecule has 4 rings (SSSR count). The minimum atomic E-state index is -0.484. The predicted octanol–water partition coefficient (Wildman–Crippen LogP) is 4.11. The van der Waals surface area contributed by atoms with Gasteiger partial charge in [0, 0.05) is 11.6 Å². The highest BCUT2D eigenvalue weighted by molar-refractivity contribution is 7.13. The van der Waals surface area contributed by atoms with E-state index in [0.29, 0.717) is 11.4 Å². The molecule has 0 saturated carbocycles. The lowest BCUT2D eigenvalue weighted by molar-refractivity contribution is 0.0511. The van der Waals surface area contributed by atoms with Gasteiger partial charge in [-0.3, -0.25) is 4.40 Å². The van der Waals surface area contributed by atoms with E-state index in [1.54, 1.807) is 29.7 Å². The first-order valence-electron chi connectivity index (χ1n) is 8.06. The van der Waals surface area contributed by atoms with Gasteiger partial charge in [-0.15, -0.1) is 11.3 Å². The van der Waals surface area contributed by atoms with Crippen LogP contribution in [0.15, 0.2) is 41.9 Å². The molecule has 7 heteroatoms. The molecule has 0 radical (unpaired) electrons. The van der Waals surface area contributed by atoms with Gasteiger partial charge in [-0.1, -0.05) is 6.07 Å². The Morgan fingerprint density at radius 2 is 2.19 bits per heavy atom. The van der Waals surface area contributed by atoms with Gasteiger partial charge in [0.05, 0.1) is 24.1 Å². The van der Waals surface area contributed by atoms with Crippen LogP contribution in [0.2, 0.25) is 0 Å². The van der Waals surface area contributed by atoms with Crippen LogP contribution >= 0.6 is 11.3 Å².